The molecule has 0 unspecified atom stereocenters. The van der Waals surface area contributed by atoms with Gasteiger partial charge < -0.3 is 19.8 Å². The molecule has 2 heterocycles. The number of H-pyrrole nitrogens is 1. The largest absolute Gasteiger partial charge is 0.486 e. The Kier molecular flexibility index (Phi) is 4.18. The van der Waals surface area contributed by atoms with Crippen molar-refractivity contribution >= 4 is 11.7 Å². The second-order valence-corrected chi connectivity index (χ2v) is 6.85. The first-order chi connectivity index (χ1) is 12.5. The molecule has 1 aromatic heterocycles. The Morgan fingerprint density at radius 3 is 2.73 bits per heavy atom. The van der Waals surface area contributed by atoms with Gasteiger partial charge in [-0.05, 0) is 49.9 Å². The maximum Gasteiger partial charge on any atom is 0.268 e. The molecule has 4 rings (SSSR count). The average Bonchev–Trinajstić information content (AvgIpc) is 2.99. The lowest BCUT2D eigenvalue weighted by Crippen LogP contribution is -2.27. The van der Waals surface area contributed by atoms with E-state index < -0.39 is 0 Å². The van der Waals surface area contributed by atoms with E-state index in [-0.39, 0.29) is 17.7 Å². The Balaban J connectivity index is 1.54. The predicted molar refractivity (Wildman–Crippen MR) is 96.1 cm³/mol. The van der Waals surface area contributed by atoms with Gasteiger partial charge >= 0.3 is 0 Å². The number of ether oxygens (including phenoxy) is 2. The standard InChI is InChI=1S/C20H22N2O4/c1-11-18-14(4-3-5-15(18)23)22-19(11)20(24)21-12(2)13-6-7-16-17(10-13)26-9-8-25-16/h6-7,10,12,22H,3-5,8-9H2,1-2H3,(H,21,24)/t12-/m0/s1. The number of rotatable bonds is 3. The van der Waals surface area contributed by atoms with Crippen molar-refractivity contribution in [3.8, 4) is 11.5 Å². The third-order valence-electron chi connectivity index (χ3n) is 5.08. The number of aromatic nitrogens is 1. The highest BCUT2D eigenvalue weighted by molar-refractivity contribution is 6.04. The van der Waals surface area contributed by atoms with E-state index in [9.17, 15) is 9.59 Å². The van der Waals surface area contributed by atoms with Gasteiger partial charge in [-0.1, -0.05) is 6.07 Å². The quantitative estimate of drug-likeness (QED) is 0.887. The molecule has 6 nitrogen and oxygen atoms in total. The van der Waals surface area contributed by atoms with Crippen LogP contribution < -0.4 is 14.8 Å². The third-order valence-corrected chi connectivity index (χ3v) is 5.08. The number of fused-ring (bicyclic) bond motifs is 2. The summed E-state index contributed by atoms with van der Waals surface area (Å²) in [5.41, 5.74) is 3.75. The van der Waals surface area contributed by atoms with Crippen LogP contribution >= 0.6 is 0 Å². The van der Waals surface area contributed by atoms with E-state index in [0.717, 1.165) is 35.4 Å². The second-order valence-electron chi connectivity index (χ2n) is 6.85. The van der Waals surface area contributed by atoms with Gasteiger partial charge in [0.2, 0.25) is 0 Å². The van der Waals surface area contributed by atoms with Gasteiger partial charge in [0.05, 0.1) is 6.04 Å². The predicted octanol–water partition coefficient (Wildman–Crippen LogP) is 3.10. The molecule has 1 aliphatic heterocycles. The van der Waals surface area contributed by atoms with Crippen molar-refractivity contribution in [1.82, 2.24) is 10.3 Å². The van der Waals surface area contributed by atoms with Crippen LogP contribution in [-0.2, 0) is 6.42 Å². The van der Waals surface area contributed by atoms with Crippen LogP contribution in [0.2, 0.25) is 0 Å². The molecule has 1 amide bonds. The summed E-state index contributed by atoms with van der Waals surface area (Å²) in [7, 11) is 0. The summed E-state index contributed by atoms with van der Waals surface area (Å²) >= 11 is 0. The summed E-state index contributed by atoms with van der Waals surface area (Å²) in [6, 6.07) is 5.49. The van der Waals surface area contributed by atoms with Gasteiger partial charge in [0.25, 0.3) is 5.91 Å². The molecule has 6 heteroatoms. The SMILES string of the molecule is Cc1c(C(=O)N[C@@H](C)c2ccc3c(c2)OCCO3)[nH]c2c1C(=O)CCC2. The smallest absolute Gasteiger partial charge is 0.268 e. The van der Waals surface area contributed by atoms with E-state index in [4.69, 9.17) is 9.47 Å². The lowest BCUT2D eigenvalue weighted by Gasteiger charge is -2.21. The lowest BCUT2D eigenvalue weighted by molar-refractivity contribution is 0.0933. The summed E-state index contributed by atoms with van der Waals surface area (Å²) in [5.74, 6) is 1.35. The monoisotopic (exact) mass is 354 g/mol. The number of carbonyl (C=O) groups is 2. The maximum atomic E-state index is 12.8. The molecule has 1 aliphatic carbocycles. The van der Waals surface area contributed by atoms with E-state index >= 15 is 0 Å². The normalized spacial score (nSPS) is 16.8. The maximum absolute atomic E-state index is 12.8. The number of nitrogens with one attached hydrogen (secondary N) is 2. The van der Waals surface area contributed by atoms with Crippen LogP contribution in [0.3, 0.4) is 0 Å². The number of hydrogen-bond acceptors (Lipinski definition) is 4. The van der Waals surface area contributed by atoms with E-state index in [2.05, 4.69) is 10.3 Å². The van der Waals surface area contributed by atoms with Crippen LogP contribution in [0, 0.1) is 6.92 Å². The first kappa shape index (κ1) is 16.7. The van der Waals surface area contributed by atoms with Gasteiger partial charge in [0.15, 0.2) is 17.3 Å². The Labute approximate surface area is 151 Å². The van der Waals surface area contributed by atoms with E-state index in [1.807, 2.05) is 32.0 Å². The number of hydrogen-bond donors (Lipinski definition) is 2. The molecule has 0 fully saturated rings. The number of aryl methyl sites for hydroxylation is 1. The second kappa shape index (κ2) is 6.52. The molecule has 0 saturated carbocycles. The molecule has 1 atom stereocenters. The van der Waals surface area contributed by atoms with Crippen LogP contribution in [0.4, 0.5) is 0 Å². The van der Waals surface area contributed by atoms with Crippen molar-refractivity contribution in [1.29, 1.82) is 0 Å². The fraction of sp³-hybridized carbons (Fsp3) is 0.400. The fourth-order valence-electron chi connectivity index (χ4n) is 3.68. The average molecular weight is 354 g/mol. The Morgan fingerprint density at radius 2 is 1.96 bits per heavy atom. The zero-order valence-electron chi connectivity index (χ0n) is 15.0. The van der Waals surface area contributed by atoms with Crippen LogP contribution in [0.5, 0.6) is 11.5 Å². The first-order valence-electron chi connectivity index (χ1n) is 8.99. The van der Waals surface area contributed by atoms with Gasteiger partial charge in [-0.3, -0.25) is 9.59 Å². The molecule has 0 radical (unpaired) electrons. The summed E-state index contributed by atoms with van der Waals surface area (Å²) in [5, 5.41) is 3.01. The van der Waals surface area contributed by atoms with Crippen LogP contribution in [0.15, 0.2) is 18.2 Å². The minimum absolute atomic E-state index is 0.124. The number of aromatic amines is 1. The Bertz CT molecular complexity index is 884. The first-order valence-corrected chi connectivity index (χ1v) is 8.99. The van der Waals surface area contributed by atoms with Gasteiger partial charge in [-0.15, -0.1) is 0 Å². The highest BCUT2D eigenvalue weighted by Crippen LogP contribution is 2.33. The van der Waals surface area contributed by atoms with Gasteiger partial charge in [0, 0.05) is 17.7 Å². The van der Waals surface area contributed by atoms with E-state index in [1.165, 1.54) is 0 Å². The summed E-state index contributed by atoms with van der Waals surface area (Å²) in [6.07, 6.45) is 2.20. The van der Waals surface area contributed by atoms with Crippen LogP contribution in [-0.4, -0.2) is 29.9 Å². The number of amides is 1. The molecular formula is C20H22N2O4. The molecule has 2 aromatic rings. The minimum Gasteiger partial charge on any atom is -0.486 e. The van der Waals surface area contributed by atoms with Crippen molar-refractivity contribution in [2.24, 2.45) is 0 Å². The summed E-state index contributed by atoms with van der Waals surface area (Å²) in [4.78, 5) is 28.1. The highest BCUT2D eigenvalue weighted by atomic mass is 16.6. The van der Waals surface area contributed by atoms with Gasteiger partial charge in [-0.2, -0.15) is 0 Å². The molecule has 2 N–H and O–H groups in total. The van der Waals surface area contributed by atoms with Crippen molar-refractivity contribution in [3.63, 3.8) is 0 Å². The topological polar surface area (TPSA) is 80.4 Å². The molecule has 0 saturated heterocycles. The fourth-order valence-corrected chi connectivity index (χ4v) is 3.68. The van der Waals surface area contributed by atoms with Crippen LogP contribution in [0.1, 0.15) is 63.5 Å². The molecule has 1 aromatic carbocycles. The number of carbonyl (C=O) groups excluding carboxylic acids is 2. The highest BCUT2D eigenvalue weighted by Gasteiger charge is 2.27. The molecular weight excluding hydrogens is 332 g/mol. The van der Waals surface area contributed by atoms with Gasteiger partial charge in [0.1, 0.15) is 18.9 Å². The van der Waals surface area contributed by atoms with E-state index in [0.29, 0.717) is 36.6 Å². The van der Waals surface area contributed by atoms with Gasteiger partial charge in [-0.25, -0.2) is 0 Å². The summed E-state index contributed by atoms with van der Waals surface area (Å²) < 4.78 is 11.1. The number of Topliss-reactive ketones (excluding diaryl/α,β-unsaturated/α-hetero) is 1. The Hall–Kier alpha value is -2.76. The Morgan fingerprint density at radius 1 is 1.19 bits per heavy atom. The minimum atomic E-state index is -0.202. The molecule has 2 aliphatic rings. The van der Waals surface area contributed by atoms with Crippen molar-refractivity contribution in [3.05, 3.63) is 46.3 Å². The number of ketones is 1. The van der Waals surface area contributed by atoms with Crippen molar-refractivity contribution in [2.45, 2.75) is 39.2 Å². The molecule has 0 spiro atoms. The summed E-state index contributed by atoms with van der Waals surface area (Å²) in [6.45, 7) is 4.83. The molecule has 26 heavy (non-hydrogen) atoms. The van der Waals surface area contributed by atoms with E-state index in [1.54, 1.807) is 0 Å². The number of benzene rings is 1. The zero-order valence-corrected chi connectivity index (χ0v) is 15.0. The third kappa shape index (κ3) is 2.85. The molecule has 136 valence electrons. The van der Waals surface area contributed by atoms with Crippen LogP contribution in [0.25, 0.3) is 0 Å². The molecule has 0 bridgehead atoms. The van der Waals surface area contributed by atoms with Crippen molar-refractivity contribution in [2.75, 3.05) is 13.2 Å². The van der Waals surface area contributed by atoms with Crippen molar-refractivity contribution < 1.29 is 19.1 Å². The lowest BCUT2D eigenvalue weighted by atomic mass is 9.94. The zero-order chi connectivity index (χ0) is 18.3.